The van der Waals surface area contributed by atoms with E-state index in [-0.39, 0.29) is 0 Å². The number of nitrogens with one attached hydrogen (secondary N) is 2. The van der Waals surface area contributed by atoms with Crippen molar-refractivity contribution in [3.8, 4) is 0 Å². The van der Waals surface area contributed by atoms with Gasteiger partial charge < -0.3 is 5.32 Å². The molecule has 6 heteroatoms. The Hall–Kier alpha value is -0.560. The second-order valence-electron chi connectivity index (χ2n) is 4.24. The Bertz CT molecular complexity index is 475. The lowest BCUT2D eigenvalue weighted by Gasteiger charge is -2.11. The standard InChI is InChI=1S/C13H22N2O2S2/c1-14-11-12-7-3-4-8-13(12)19(16,17)15-9-5-6-10-18-2/h3-4,7-8,14-15H,5-6,9-11H2,1-2H3. The molecule has 4 nitrogen and oxygen atoms in total. The second-order valence-corrected chi connectivity index (χ2v) is 6.96. The van der Waals surface area contributed by atoms with Crippen molar-refractivity contribution in [2.45, 2.75) is 24.3 Å². The highest BCUT2D eigenvalue weighted by Gasteiger charge is 2.16. The van der Waals surface area contributed by atoms with Crippen LogP contribution in [-0.2, 0) is 16.6 Å². The minimum absolute atomic E-state index is 0.370. The van der Waals surface area contributed by atoms with Crippen molar-refractivity contribution >= 4 is 21.8 Å². The third-order valence-corrected chi connectivity index (χ3v) is 4.96. The molecule has 0 atom stereocenters. The molecule has 0 fully saturated rings. The fraction of sp³-hybridized carbons (Fsp3) is 0.538. The predicted molar refractivity (Wildman–Crippen MR) is 82.0 cm³/mol. The van der Waals surface area contributed by atoms with E-state index < -0.39 is 10.0 Å². The summed E-state index contributed by atoms with van der Waals surface area (Å²) in [5, 5.41) is 2.99. The summed E-state index contributed by atoms with van der Waals surface area (Å²) in [5.74, 6) is 1.07. The van der Waals surface area contributed by atoms with E-state index in [1.165, 1.54) is 0 Å². The minimum atomic E-state index is -3.40. The smallest absolute Gasteiger partial charge is 0.240 e. The normalized spacial score (nSPS) is 11.7. The molecule has 0 aliphatic rings. The highest BCUT2D eigenvalue weighted by Crippen LogP contribution is 2.15. The second kappa shape index (κ2) is 8.58. The zero-order chi connectivity index (χ0) is 14.1. The van der Waals surface area contributed by atoms with Crippen LogP contribution in [-0.4, -0.2) is 34.0 Å². The summed E-state index contributed by atoms with van der Waals surface area (Å²) >= 11 is 1.78. The van der Waals surface area contributed by atoms with Gasteiger partial charge in [-0.05, 0) is 43.5 Å². The van der Waals surface area contributed by atoms with E-state index in [4.69, 9.17) is 0 Å². The van der Waals surface area contributed by atoms with Crippen molar-refractivity contribution in [1.29, 1.82) is 0 Å². The molecule has 0 amide bonds. The molecule has 0 radical (unpaired) electrons. The molecular formula is C13H22N2O2S2. The fourth-order valence-corrected chi connectivity index (χ4v) is 3.56. The molecule has 2 N–H and O–H groups in total. The fourth-order valence-electron chi connectivity index (χ4n) is 1.76. The van der Waals surface area contributed by atoms with E-state index in [9.17, 15) is 8.42 Å². The van der Waals surface area contributed by atoms with Gasteiger partial charge in [-0.2, -0.15) is 11.8 Å². The Kier molecular flexibility index (Phi) is 7.45. The van der Waals surface area contributed by atoms with E-state index in [1.807, 2.05) is 12.1 Å². The molecule has 0 aromatic heterocycles. The average Bonchev–Trinajstić information content (AvgIpc) is 2.39. The average molecular weight is 302 g/mol. The first-order valence-electron chi connectivity index (χ1n) is 6.33. The highest BCUT2D eigenvalue weighted by molar-refractivity contribution is 7.98. The number of benzene rings is 1. The molecule has 0 saturated heterocycles. The van der Waals surface area contributed by atoms with Crippen molar-refractivity contribution in [1.82, 2.24) is 10.0 Å². The summed E-state index contributed by atoms with van der Waals surface area (Å²) < 4.78 is 27.1. The van der Waals surface area contributed by atoms with Gasteiger partial charge in [0, 0.05) is 13.1 Å². The SMILES string of the molecule is CNCc1ccccc1S(=O)(=O)NCCCCSC. The Morgan fingerprint density at radius 3 is 2.63 bits per heavy atom. The first-order valence-corrected chi connectivity index (χ1v) is 9.20. The van der Waals surface area contributed by atoms with Gasteiger partial charge >= 0.3 is 0 Å². The van der Waals surface area contributed by atoms with Crippen molar-refractivity contribution < 1.29 is 8.42 Å². The summed E-state index contributed by atoms with van der Waals surface area (Å²) in [6.07, 6.45) is 3.95. The van der Waals surface area contributed by atoms with E-state index in [0.717, 1.165) is 24.2 Å². The largest absolute Gasteiger partial charge is 0.316 e. The van der Waals surface area contributed by atoms with Crippen LogP contribution < -0.4 is 10.0 Å². The maximum absolute atomic E-state index is 12.2. The van der Waals surface area contributed by atoms with Gasteiger partial charge in [0.1, 0.15) is 0 Å². The molecule has 0 saturated carbocycles. The van der Waals surface area contributed by atoms with Gasteiger partial charge in [0.05, 0.1) is 4.90 Å². The first-order chi connectivity index (χ1) is 9.11. The third-order valence-electron chi connectivity index (χ3n) is 2.70. The topological polar surface area (TPSA) is 58.2 Å². The van der Waals surface area contributed by atoms with E-state index in [2.05, 4.69) is 16.3 Å². The Morgan fingerprint density at radius 1 is 1.21 bits per heavy atom. The molecular weight excluding hydrogens is 280 g/mol. The van der Waals surface area contributed by atoms with Gasteiger partial charge in [0.25, 0.3) is 0 Å². The van der Waals surface area contributed by atoms with Crippen LogP contribution >= 0.6 is 11.8 Å². The van der Waals surface area contributed by atoms with Gasteiger partial charge in [-0.1, -0.05) is 18.2 Å². The number of hydrogen-bond donors (Lipinski definition) is 2. The van der Waals surface area contributed by atoms with Crippen LogP contribution in [0.4, 0.5) is 0 Å². The molecule has 0 aliphatic carbocycles. The van der Waals surface area contributed by atoms with Gasteiger partial charge in [0.15, 0.2) is 0 Å². The Labute approximate surface area is 120 Å². The summed E-state index contributed by atoms with van der Waals surface area (Å²) in [7, 11) is -1.59. The van der Waals surface area contributed by atoms with Gasteiger partial charge in [0.2, 0.25) is 10.0 Å². The van der Waals surface area contributed by atoms with Crippen LogP contribution in [0, 0.1) is 0 Å². The van der Waals surface area contributed by atoms with E-state index in [0.29, 0.717) is 18.0 Å². The van der Waals surface area contributed by atoms with Crippen molar-refractivity contribution in [2.75, 3.05) is 25.6 Å². The van der Waals surface area contributed by atoms with Crippen LogP contribution in [0.15, 0.2) is 29.2 Å². The Morgan fingerprint density at radius 2 is 1.95 bits per heavy atom. The molecule has 1 aromatic carbocycles. The quantitative estimate of drug-likeness (QED) is 0.683. The number of rotatable bonds is 9. The molecule has 1 aromatic rings. The number of sulfonamides is 1. The molecule has 0 aliphatic heterocycles. The van der Waals surface area contributed by atoms with E-state index in [1.54, 1.807) is 30.9 Å². The molecule has 0 unspecified atom stereocenters. The lowest BCUT2D eigenvalue weighted by atomic mass is 10.2. The highest BCUT2D eigenvalue weighted by atomic mass is 32.2. The monoisotopic (exact) mass is 302 g/mol. The summed E-state index contributed by atoms with van der Waals surface area (Å²) in [5.41, 5.74) is 0.793. The van der Waals surface area contributed by atoms with Gasteiger partial charge in [-0.25, -0.2) is 13.1 Å². The molecule has 0 spiro atoms. The van der Waals surface area contributed by atoms with Gasteiger partial charge in [-0.3, -0.25) is 0 Å². The van der Waals surface area contributed by atoms with Crippen LogP contribution in [0.1, 0.15) is 18.4 Å². The Balaban J connectivity index is 2.66. The lowest BCUT2D eigenvalue weighted by Crippen LogP contribution is -2.26. The van der Waals surface area contributed by atoms with Crippen molar-refractivity contribution in [3.05, 3.63) is 29.8 Å². The molecule has 0 heterocycles. The van der Waals surface area contributed by atoms with E-state index >= 15 is 0 Å². The molecule has 1 rings (SSSR count). The zero-order valence-corrected chi connectivity index (χ0v) is 13.1. The van der Waals surface area contributed by atoms with Crippen LogP contribution in [0.25, 0.3) is 0 Å². The number of hydrogen-bond acceptors (Lipinski definition) is 4. The zero-order valence-electron chi connectivity index (χ0n) is 11.5. The van der Waals surface area contributed by atoms with Gasteiger partial charge in [-0.15, -0.1) is 0 Å². The summed E-state index contributed by atoms with van der Waals surface area (Å²) in [6, 6.07) is 7.08. The van der Waals surface area contributed by atoms with Crippen LogP contribution in [0.5, 0.6) is 0 Å². The predicted octanol–water partition coefficient (Wildman–Crippen LogP) is 1.83. The third kappa shape index (κ3) is 5.52. The first kappa shape index (κ1) is 16.5. The summed E-state index contributed by atoms with van der Waals surface area (Å²) in [4.78, 5) is 0.370. The molecule has 19 heavy (non-hydrogen) atoms. The maximum Gasteiger partial charge on any atom is 0.240 e. The van der Waals surface area contributed by atoms with Crippen molar-refractivity contribution in [3.63, 3.8) is 0 Å². The van der Waals surface area contributed by atoms with Crippen molar-refractivity contribution in [2.24, 2.45) is 0 Å². The van der Waals surface area contributed by atoms with Crippen LogP contribution in [0.2, 0.25) is 0 Å². The number of unbranched alkanes of at least 4 members (excludes halogenated alkanes) is 1. The molecule has 108 valence electrons. The van der Waals surface area contributed by atoms with Crippen LogP contribution in [0.3, 0.4) is 0 Å². The summed E-state index contributed by atoms with van der Waals surface area (Å²) in [6.45, 7) is 1.04. The minimum Gasteiger partial charge on any atom is -0.316 e. The number of thioether (sulfide) groups is 1. The lowest BCUT2D eigenvalue weighted by molar-refractivity contribution is 0.576. The maximum atomic E-state index is 12.2. The molecule has 0 bridgehead atoms.